The molecule has 120 valence electrons. The number of nitrogens with zero attached hydrogens (tertiary/aromatic N) is 2. The van der Waals surface area contributed by atoms with Gasteiger partial charge >= 0.3 is 0 Å². The van der Waals surface area contributed by atoms with Crippen LogP contribution in [0.2, 0.25) is 0 Å². The number of likely N-dealkylation sites (tertiary alicyclic amines) is 1. The summed E-state index contributed by atoms with van der Waals surface area (Å²) in [5, 5.41) is 0. The number of hydrogen-bond donors (Lipinski definition) is 0. The lowest BCUT2D eigenvalue weighted by Crippen LogP contribution is -2.30. The van der Waals surface area contributed by atoms with Crippen LogP contribution in [0.1, 0.15) is 6.42 Å². The lowest BCUT2D eigenvalue weighted by molar-refractivity contribution is -0.127. The second-order valence-corrected chi connectivity index (χ2v) is 7.73. The largest absolute Gasteiger partial charge is 0.342 e. The topological polar surface area (TPSA) is 33.2 Å². The molecule has 1 aliphatic heterocycles. The molecule has 1 fully saturated rings. The maximum Gasteiger partial charge on any atom is 0.232 e. The Kier molecular flexibility index (Phi) is 6.00. The first kappa shape index (κ1) is 16.4. The molecule has 5 heteroatoms. The summed E-state index contributed by atoms with van der Waals surface area (Å²) in [6, 6.07) is 14.4. The summed E-state index contributed by atoms with van der Waals surface area (Å²) in [6.07, 6.45) is 4.64. The predicted octanol–water partition coefficient (Wildman–Crippen LogP) is 3.81. The van der Waals surface area contributed by atoms with Crippen molar-refractivity contribution in [2.75, 3.05) is 24.6 Å². The van der Waals surface area contributed by atoms with Gasteiger partial charge in [-0.15, -0.1) is 23.5 Å². The third-order valence-corrected chi connectivity index (χ3v) is 6.12. The Hall–Kier alpha value is -1.46. The van der Waals surface area contributed by atoms with Gasteiger partial charge in [-0.3, -0.25) is 9.78 Å². The minimum atomic E-state index is 0.249. The molecule has 0 unspecified atom stereocenters. The monoisotopic (exact) mass is 344 g/mol. The summed E-state index contributed by atoms with van der Waals surface area (Å²) in [5.41, 5.74) is 0. The van der Waals surface area contributed by atoms with Crippen LogP contribution in [-0.4, -0.2) is 40.4 Å². The smallest absolute Gasteiger partial charge is 0.232 e. The zero-order valence-corrected chi connectivity index (χ0v) is 14.6. The molecule has 0 radical (unpaired) electrons. The van der Waals surface area contributed by atoms with Crippen molar-refractivity contribution in [3.8, 4) is 0 Å². The standard InChI is InChI=1S/C18H20N2OS2/c21-18(14-23-17-6-9-19-10-7-17)20-11-8-15(12-20)13-22-16-4-2-1-3-5-16/h1-7,9-10,15H,8,11-14H2/t15-/m1/s1. The van der Waals surface area contributed by atoms with E-state index >= 15 is 0 Å². The molecule has 0 aliphatic carbocycles. The summed E-state index contributed by atoms with van der Waals surface area (Å²) in [4.78, 5) is 20.7. The van der Waals surface area contributed by atoms with E-state index in [1.807, 2.05) is 34.9 Å². The highest BCUT2D eigenvalue weighted by Crippen LogP contribution is 2.26. The summed E-state index contributed by atoms with van der Waals surface area (Å²) in [7, 11) is 0. The molecule has 3 nitrogen and oxygen atoms in total. The highest BCUT2D eigenvalue weighted by atomic mass is 32.2. The van der Waals surface area contributed by atoms with Gasteiger partial charge in [0.15, 0.2) is 0 Å². The normalized spacial score (nSPS) is 17.4. The molecule has 1 aromatic heterocycles. The molecule has 0 bridgehead atoms. The van der Waals surface area contributed by atoms with E-state index in [2.05, 4.69) is 29.2 Å². The van der Waals surface area contributed by atoms with Crippen molar-refractivity contribution in [2.24, 2.45) is 5.92 Å². The molecule has 0 spiro atoms. The second kappa shape index (κ2) is 8.41. The lowest BCUT2D eigenvalue weighted by Gasteiger charge is -2.16. The Balaban J connectivity index is 1.41. The number of amides is 1. The van der Waals surface area contributed by atoms with E-state index < -0.39 is 0 Å². The molecule has 1 amide bonds. The molecule has 23 heavy (non-hydrogen) atoms. The predicted molar refractivity (Wildman–Crippen MR) is 96.8 cm³/mol. The van der Waals surface area contributed by atoms with E-state index in [0.29, 0.717) is 11.7 Å². The molecule has 1 saturated heterocycles. The Morgan fingerprint density at radius 2 is 1.83 bits per heavy atom. The number of benzene rings is 1. The summed E-state index contributed by atoms with van der Waals surface area (Å²) in [6.45, 7) is 1.80. The van der Waals surface area contributed by atoms with Crippen molar-refractivity contribution in [1.82, 2.24) is 9.88 Å². The van der Waals surface area contributed by atoms with Gasteiger partial charge in [0.25, 0.3) is 0 Å². The Bertz CT molecular complexity index is 621. The number of thioether (sulfide) groups is 2. The van der Waals surface area contributed by atoms with E-state index in [9.17, 15) is 4.79 Å². The SMILES string of the molecule is O=C(CSc1ccncc1)N1CC[C@@H](CSc2ccccc2)C1. The van der Waals surface area contributed by atoms with Crippen LogP contribution in [0.4, 0.5) is 0 Å². The number of hydrogen-bond acceptors (Lipinski definition) is 4. The number of carbonyl (C=O) groups is 1. The molecule has 1 atom stereocenters. The zero-order chi connectivity index (χ0) is 15.9. The Morgan fingerprint density at radius 1 is 1.09 bits per heavy atom. The van der Waals surface area contributed by atoms with Gasteiger partial charge < -0.3 is 4.90 Å². The van der Waals surface area contributed by atoms with Gasteiger partial charge in [-0.25, -0.2) is 0 Å². The molecule has 1 aliphatic rings. The average Bonchev–Trinajstić information content (AvgIpc) is 3.09. The van der Waals surface area contributed by atoms with Gasteiger partial charge in [0.2, 0.25) is 5.91 Å². The van der Waals surface area contributed by atoms with Crippen molar-refractivity contribution in [2.45, 2.75) is 16.2 Å². The van der Waals surface area contributed by atoms with Crippen molar-refractivity contribution >= 4 is 29.4 Å². The molecule has 2 heterocycles. The Morgan fingerprint density at radius 3 is 2.61 bits per heavy atom. The molecule has 0 N–H and O–H groups in total. The van der Waals surface area contributed by atoms with Gasteiger partial charge in [-0.1, -0.05) is 18.2 Å². The van der Waals surface area contributed by atoms with Crippen LogP contribution in [0, 0.1) is 5.92 Å². The van der Waals surface area contributed by atoms with Gasteiger partial charge in [0, 0.05) is 41.0 Å². The van der Waals surface area contributed by atoms with Crippen molar-refractivity contribution < 1.29 is 4.79 Å². The van der Waals surface area contributed by atoms with Crippen molar-refractivity contribution in [1.29, 1.82) is 0 Å². The maximum atomic E-state index is 12.3. The first-order valence-corrected chi connectivity index (χ1v) is 9.77. The first-order valence-electron chi connectivity index (χ1n) is 7.80. The van der Waals surface area contributed by atoms with Crippen LogP contribution >= 0.6 is 23.5 Å². The van der Waals surface area contributed by atoms with E-state index in [-0.39, 0.29) is 5.91 Å². The van der Waals surface area contributed by atoms with Gasteiger partial charge in [-0.2, -0.15) is 0 Å². The zero-order valence-electron chi connectivity index (χ0n) is 12.9. The van der Waals surface area contributed by atoms with Crippen molar-refractivity contribution in [3.05, 3.63) is 54.9 Å². The fraction of sp³-hybridized carbons (Fsp3) is 0.333. The van der Waals surface area contributed by atoms with Crippen LogP contribution in [0.25, 0.3) is 0 Å². The van der Waals surface area contributed by atoms with Crippen LogP contribution < -0.4 is 0 Å². The fourth-order valence-corrected chi connectivity index (χ4v) is 4.43. The van der Waals surface area contributed by atoms with Crippen LogP contribution in [0.3, 0.4) is 0 Å². The van der Waals surface area contributed by atoms with Crippen LogP contribution in [0.5, 0.6) is 0 Å². The molecular formula is C18H20N2OS2. The van der Waals surface area contributed by atoms with E-state index in [1.54, 1.807) is 24.2 Å². The summed E-state index contributed by atoms with van der Waals surface area (Å²) >= 11 is 3.48. The van der Waals surface area contributed by atoms with Gasteiger partial charge in [0.05, 0.1) is 5.75 Å². The van der Waals surface area contributed by atoms with Crippen LogP contribution in [0.15, 0.2) is 64.6 Å². The quantitative estimate of drug-likeness (QED) is 0.746. The lowest BCUT2D eigenvalue weighted by atomic mass is 10.2. The number of aromatic nitrogens is 1. The molecule has 2 aromatic rings. The van der Waals surface area contributed by atoms with Crippen LogP contribution in [-0.2, 0) is 4.79 Å². The minimum absolute atomic E-state index is 0.249. The summed E-state index contributed by atoms with van der Waals surface area (Å²) < 4.78 is 0. The molecule has 0 saturated carbocycles. The number of rotatable bonds is 6. The molecule has 3 rings (SSSR count). The highest BCUT2D eigenvalue weighted by molar-refractivity contribution is 8.00. The van der Waals surface area contributed by atoms with E-state index in [0.717, 1.165) is 30.2 Å². The first-order chi connectivity index (χ1) is 11.3. The van der Waals surface area contributed by atoms with Gasteiger partial charge in [-0.05, 0) is 36.6 Å². The number of carbonyl (C=O) groups excluding carboxylic acids is 1. The third kappa shape index (κ3) is 5.01. The fourth-order valence-electron chi connectivity index (χ4n) is 2.60. The van der Waals surface area contributed by atoms with E-state index in [4.69, 9.17) is 0 Å². The average molecular weight is 345 g/mol. The highest BCUT2D eigenvalue weighted by Gasteiger charge is 2.26. The maximum absolute atomic E-state index is 12.3. The van der Waals surface area contributed by atoms with Gasteiger partial charge in [0.1, 0.15) is 0 Å². The second-order valence-electron chi connectivity index (χ2n) is 5.59. The third-order valence-electron chi connectivity index (χ3n) is 3.88. The minimum Gasteiger partial charge on any atom is -0.342 e. The molecule has 1 aromatic carbocycles. The number of pyridine rings is 1. The van der Waals surface area contributed by atoms with E-state index in [1.165, 1.54) is 4.90 Å². The van der Waals surface area contributed by atoms with Crippen molar-refractivity contribution in [3.63, 3.8) is 0 Å². The molecular weight excluding hydrogens is 324 g/mol. The Labute approximate surface area is 145 Å². The summed E-state index contributed by atoms with van der Waals surface area (Å²) in [5.74, 6) is 2.46.